The first-order valence-electron chi connectivity index (χ1n) is 5.35. The number of benzene rings is 1. The van der Waals surface area contributed by atoms with E-state index in [1.54, 1.807) is 19.1 Å². The summed E-state index contributed by atoms with van der Waals surface area (Å²) in [6, 6.07) is 5.31. The monoisotopic (exact) mass is 242 g/mol. The fourth-order valence-corrected chi connectivity index (χ4v) is 1.34. The lowest BCUT2D eigenvalue weighted by atomic mass is 10.1. The smallest absolute Gasteiger partial charge is 0.0604 e. The molecule has 0 aromatic heterocycles. The Hall–Kier alpha value is -1.06. The van der Waals surface area contributed by atoms with Crippen molar-refractivity contribution in [2.24, 2.45) is 0 Å². The molecule has 0 aliphatic rings. The summed E-state index contributed by atoms with van der Waals surface area (Å²) < 4.78 is 0. The van der Waals surface area contributed by atoms with Gasteiger partial charge >= 0.3 is 0 Å². The Labute approximate surface area is 102 Å². The van der Waals surface area contributed by atoms with Crippen molar-refractivity contribution >= 4 is 23.0 Å². The van der Waals surface area contributed by atoms with Crippen molar-refractivity contribution in [2.45, 2.75) is 20.8 Å². The van der Waals surface area contributed by atoms with E-state index in [1.807, 2.05) is 19.9 Å². The molecule has 0 aliphatic carbocycles. The van der Waals surface area contributed by atoms with Crippen molar-refractivity contribution in [2.75, 3.05) is 18.5 Å². The minimum absolute atomic E-state index is 0.0686. The van der Waals surface area contributed by atoms with Crippen LogP contribution < -0.4 is 5.32 Å². The molecule has 90 valence electrons. The van der Waals surface area contributed by atoms with Crippen LogP contribution in [-0.4, -0.2) is 24.0 Å². The highest BCUT2D eigenvalue weighted by Crippen LogP contribution is 2.20. The van der Waals surface area contributed by atoms with E-state index >= 15 is 0 Å². The van der Waals surface area contributed by atoms with Gasteiger partial charge in [0.1, 0.15) is 0 Å². The Balaban J connectivity index is 0.00000106. The van der Waals surface area contributed by atoms with Gasteiger partial charge in [0.05, 0.1) is 6.61 Å². The van der Waals surface area contributed by atoms with Gasteiger partial charge in [0.2, 0.25) is 0 Å². The minimum atomic E-state index is 0.0686. The predicted molar refractivity (Wildman–Crippen MR) is 70.9 cm³/mol. The van der Waals surface area contributed by atoms with Gasteiger partial charge in [-0.15, -0.1) is 0 Å². The molecule has 0 unspecified atom stereocenters. The summed E-state index contributed by atoms with van der Waals surface area (Å²) >= 11 is 5.82. The molecule has 0 radical (unpaired) electrons. The number of nitrogens with one attached hydrogen (secondary N) is 2. The fraction of sp³-hybridized carbons (Fsp3) is 0.417. The summed E-state index contributed by atoms with van der Waals surface area (Å²) in [5.41, 5.74) is 2.05. The highest BCUT2D eigenvalue weighted by Gasteiger charge is 2.04. The van der Waals surface area contributed by atoms with Crippen LogP contribution in [0.5, 0.6) is 0 Å². The second-order valence-corrected chi connectivity index (χ2v) is 3.40. The van der Waals surface area contributed by atoms with E-state index in [0.29, 0.717) is 17.3 Å². The molecule has 0 spiro atoms. The van der Waals surface area contributed by atoms with Crippen molar-refractivity contribution < 1.29 is 5.11 Å². The van der Waals surface area contributed by atoms with Crippen molar-refractivity contribution in [3.63, 3.8) is 0 Å². The van der Waals surface area contributed by atoms with Gasteiger partial charge in [-0.2, -0.15) is 0 Å². The number of aliphatic hydroxyl groups excluding tert-OH is 1. The molecule has 0 heterocycles. The van der Waals surface area contributed by atoms with Crippen LogP contribution in [0.2, 0.25) is 5.02 Å². The Morgan fingerprint density at radius 2 is 2.06 bits per heavy atom. The molecule has 0 saturated carbocycles. The standard InChI is InChI=1S/C10H13ClN2O.C2H6/c1-7(12)9-6-8(11)2-3-10(9)13-4-5-14;1-2/h2-3,6,12-14H,4-5H2,1H3;1-2H3. The molecule has 0 bridgehead atoms. The van der Waals surface area contributed by atoms with Crippen LogP contribution in [-0.2, 0) is 0 Å². The molecule has 0 atom stereocenters. The van der Waals surface area contributed by atoms with Crippen LogP contribution in [0.3, 0.4) is 0 Å². The summed E-state index contributed by atoms with van der Waals surface area (Å²) in [5.74, 6) is 0. The van der Waals surface area contributed by atoms with E-state index in [-0.39, 0.29) is 6.61 Å². The molecule has 0 aliphatic heterocycles. The molecule has 1 aromatic rings. The molecule has 0 amide bonds. The first kappa shape index (κ1) is 14.9. The first-order valence-corrected chi connectivity index (χ1v) is 5.72. The normalized spacial score (nSPS) is 9.06. The Morgan fingerprint density at radius 3 is 2.56 bits per heavy atom. The number of halogens is 1. The maximum atomic E-state index is 8.67. The molecule has 3 N–H and O–H groups in total. The molecule has 3 nitrogen and oxygen atoms in total. The zero-order valence-corrected chi connectivity index (χ0v) is 10.7. The van der Waals surface area contributed by atoms with Gasteiger partial charge < -0.3 is 15.8 Å². The fourth-order valence-electron chi connectivity index (χ4n) is 1.17. The zero-order chi connectivity index (χ0) is 12.6. The van der Waals surface area contributed by atoms with Gasteiger partial charge in [-0.25, -0.2) is 0 Å². The van der Waals surface area contributed by atoms with Crippen LogP contribution in [0.1, 0.15) is 26.3 Å². The molecular weight excluding hydrogens is 224 g/mol. The van der Waals surface area contributed by atoms with Gasteiger partial charge in [-0.05, 0) is 25.1 Å². The number of aliphatic hydroxyl groups is 1. The minimum Gasteiger partial charge on any atom is -0.395 e. The maximum Gasteiger partial charge on any atom is 0.0604 e. The number of anilines is 1. The Kier molecular flexibility index (Phi) is 7.60. The van der Waals surface area contributed by atoms with Crippen molar-refractivity contribution in [1.29, 1.82) is 5.41 Å². The quantitative estimate of drug-likeness (QED) is 0.711. The lowest BCUT2D eigenvalue weighted by Gasteiger charge is -2.10. The van der Waals surface area contributed by atoms with E-state index in [0.717, 1.165) is 11.3 Å². The van der Waals surface area contributed by atoms with Crippen LogP contribution in [0.15, 0.2) is 18.2 Å². The van der Waals surface area contributed by atoms with Gasteiger partial charge in [-0.3, -0.25) is 0 Å². The van der Waals surface area contributed by atoms with Crippen LogP contribution in [0.25, 0.3) is 0 Å². The van der Waals surface area contributed by atoms with Crippen LogP contribution in [0.4, 0.5) is 5.69 Å². The Morgan fingerprint density at radius 1 is 1.44 bits per heavy atom. The predicted octanol–water partition coefficient (Wildman–Crippen LogP) is 3.16. The third kappa shape index (κ3) is 4.64. The Bertz CT molecular complexity index is 340. The van der Waals surface area contributed by atoms with Crippen molar-refractivity contribution in [3.05, 3.63) is 28.8 Å². The molecule has 16 heavy (non-hydrogen) atoms. The lowest BCUT2D eigenvalue weighted by Crippen LogP contribution is -2.09. The maximum absolute atomic E-state index is 8.67. The summed E-state index contributed by atoms with van der Waals surface area (Å²) in [4.78, 5) is 0. The summed E-state index contributed by atoms with van der Waals surface area (Å²) in [5, 5.41) is 19.9. The second kappa shape index (κ2) is 8.13. The van der Waals surface area contributed by atoms with E-state index in [1.165, 1.54) is 0 Å². The second-order valence-electron chi connectivity index (χ2n) is 2.97. The lowest BCUT2D eigenvalue weighted by molar-refractivity contribution is 0.311. The van der Waals surface area contributed by atoms with E-state index in [4.69, 9.17) is 22.1 Å². The van der Waals surface area contributed by atoms with Gasteiger partial charge in [-0.1, -0.05) is 25.4 Å². The van der Waals surface area contributed by atoms with Gasteiger partial charge in [0.25, 0.3) is 0 Å². The number of hydrogen-bond acceptors (Lipinski definition) is 3. The molecule has 1 rings (SSSR count). The topological polar surface area (TPSA) is 56.1 Å². The zero-order valence-electron chi connectivity index (χ0n) is 9.97. The highest BCUT2D eigenvalue weighted by atomic mass is 35.5. The van der Waals surface area contributed by atoms with Crippen LogP contribution >= 0.6 is 11.6 Å². The SMILES string of the molecule is CC.CC(=N)c1cc(Cl)ccc1NCCO. The first-order chi connectivity index (χ1) is 7.65. The van der Waals surface area contributed by atoms with Gasteiger partial charge in [0, 0.05) is 28.5 Å². The van der Waals surface area contributed by atoms with Crippen LogP contribution in [0, 0.1) is 5.41 Å². The average Bonchev–Trinajstić information content (AvgIpc) is 2.30. The number of rotatable bonds is 4. The third-order valence-electron chi connectivity index (χ3n) is 1.81. The highest BCUT2D eigenvalue weighted by molar-refractivity contribution is 6.31. The molecule has 0 saturated heterocycles. The summed E-state index contributed by atoms with van der Waals surface area (Å²) in [6.45, 7) is 6.25. The molecular formula is C12H19ClN2O. The van der Waals surface area contributed by atoms with E-state index in [2.05, 4.69) is 5.32 Å². The molecule has 0 fully saturated rings. The van der Waals surface area contributed by atoms with Gasteiger partial charge in [0.15, 0.2) is 0 Å². The number of hydrogen-bond donors (Lipinski definition) is 3. The molecule has 4 heteroatoms. The van der Waals surface area contributed by atoms with E-state index in [9.17, 15) is 0 Å². The average molecular weight is 243 g/mol. The van der Waals surface area contributed by atoms with E-state index < -0.39 is 0 Å². The summed E-state index contributed by atoms with van der Waals surface area (Å²) in [7, 11) is 0. The molecule has 1 aromatic carbocycles. The van der Waals surface area contributed by atoms with Crippen molar-refractivity contribution in [3.8, 4) is 0 Å². The largest absolute Gasteiger partial charge is 0.395 e. The summed E-state index contributed by atoms with van der Waals surface area (Å²) in [6.07, 6.45) is 0. The van der Waals surface area contributed by atoms with Crippen molar-refractivity contribution in [1.82, 2.24) is 0 Å². The third-order valence-corrected chi connectivity index (χ3v) is 2.05.